The van der Waals surface area contributed by atoms with Gasteiger partial charge in [-0.25, -0.2) is 4.39 Å². The number of rotatable bonds is 6. The number of benzene rings is 1. The van der Waals surface area contributed by atoms with Crippen LogP contribution in [0.1, 0.15) is 25.5 Å². The number of nitrogens with zero attached hydrogens (tertiary/aromatic N) is 1. The Morgan fingerprint density at radius 3 is 2.90 bits per heavy atom. The smallest absolute Gasteiger partial charge is 0.131 e. The van der Waals surface area contributed by atoms with E-state index >= 15 is 0 Å². The Labute approximate surface area is 126 Å². The number of likely N-dealkylation sites (N-methyl/N-ethyl adjacent to an activating group) is 2. The lowest BCUT2D eigenvalue weighted by molar-refractivity contribution is -0.0459. The molecule has 0 aromatic heterocycles. The van der Waals surface area contributed by atoms with Crippen molar-refractivity contribution in [1.29, 1.82) is 0 Å². The highest BCUT2D eigenvalue weighted by Crippen LogP contribution is 2.27. The molecule has 0 spiro atoms. The molecule has 1 aliphatic rings. The quantitative estimate of drug-likeness (QED) is 0.872. The minimum Gasteiger partial charge on any atom is -0.497 e. The van der Waals surface area contributed by atoms with Crippen molar-refractivity contribution in [2.24, 2.45) is 0 Å². The van der Waals surface area contributed by atoms with Gasteiger partial charge in [0.15, 0.2) is 0 Å². The average Bonchev–Trinajstić information content (AvgIpc) is 2.53. The molecule has 1 fully saturated rings. The van der Waals surface area contributed by atoms with Gasteiger partial charge in [-0.15, -0.1) is 0 Å². The van der Waals surface area contributed by atoms with Crippen LogP contribution in [0.15, 0.2) is 18.2 Å². The van der Waals surface area contributed by atoms with Gasteiger partial charge in [-0.1, -0.05) is 19.9 Å². The normalized spacial score (nSPS) is 21.2. The maximum Gasteiger partial charge on any atom is 0.131 e. The highest BCUT2D eigenvalue weighted by molar-refractivity contribution is 5.31. The molecule has 2 rings (SSSR count). The van der Waals surface area contributed by atoms with Crippen LogP contribution in [0.3, 0.4) is 0 Å². The summed E-state index contributed by atoms with van der Waals surface area (Å²) in [5, 5.41) is 3.36. The van der Waals surface area contributed by atoms with Gasteiger partial charge in [0.1, 0.15) is 11.6 Å². The van der Waals surface area contributed by atoms with Gasteiger partial charge < -0.3 is 14.8 Å². The van der Waals surface area contributed by atoms with Crippen molar-refractivity contribution in [1.82, 2.24) is 10.2 Å². The summed E-state index contributed by atoms with van der Waals surface area (Å²) in [7, 11) is 1.54. The van der Waals surface area contributed by atoms with Crippen molar-refractivity contribution in [2.75, 3.05) is 39.9 Å². The van der Waals surface area contributed by atoms with Crippen molar-refractivity contribution in [3.05, 3.63) is 29.6 Å². The predicted octanol–water partition coefficient (Wildman–Crippen LogP) is 2.21. The van der Waals surface area contributed by atoms with Crippen LogP contribution in [-0.4, -0.2) is 50.9 Å². The third kappa shape index (κ3) is 3.93. The van der Waals surface area contributed by atoms with Crippen LogP contribution in [0, 0.1) is 5.82 Å². The number of methoxy groups -OCH3 is 1. The number of ether oxygens (including phenoxy) is 2. The van der Waals surface area contributed by atoms with Crippen molar-refractivity contribution in [3.63, 3.8) is 0 Å². The molecule has 0 saturated carbocycles. The molecule has 0 radical (unpaired) electrons. The fourth-order valence-corrected chi connectivity index (χ4v) is 2.77. The van der Waals surface area contributed by atoms with Gasteiger partial charge in [-0.3, -0.25) is 4.90 Å². The fourth-order valence-electron chi connectivity index (χ4n) is 2.77. The third-order valence-electron chi connectivity index (χ3n) is 3.96. The predicted molar refractivity (Wildman–Crippen MR) is 81.2 cm³/mol. The Bertz CT molecular complexity index is 456. The highest BCUT2D eigenvalue weighted by Gasteiger charge is 2.30. The largest absolute Gasteiger partial charge is 0.497 e. The Balaban J connectivity index is 2.21. The zero-order chi connectivity index (χ0) is 15.2. The van der Waals surface area contributed by atoms with Gasteiger partial charge >= 0.3 is 0 Å². The first-order valence-electron chi connectivity index (χ1n) is 7.60. The maximum atomic E-state index is 14.4. The van der Waals surface area contributed by atoms with Crippen LogP contribution in [0.4, 0.5) is 4.39 Å². The van der Waals surface area contributed by atoms with Crippen molar-refractivity contribution in [3.8, 4) is 5.75 Å². The van der Waals surface area contributed by atoms with Crippen LogP contribution in [0.25, 0.3) is 0 Å². The molecule has 2 unspecified atom stereocenters. The van der Waals surface area contributed by atoms with Crippen LogP contribution >= 0.6 is 0 Å². The summed E-state index contributed by atoms with van der Waals surface area (Å²) < 4.78 is 25.3. The van der Waals surface area contributed by atoms with E-state index in [1.165, 1.54) is 6.07 Å². The van der Waals surface area contributed by atoms with Crippen LogP contribution in [-0.2, 0) is 4.74 Å². The SMILES string of the molecule is CCNC(c1ccc(OC)cc1F)C1CN(CC)CCO1. The molecule has 0 aliphatic carbocycles. The lowest BCUT2D eigenvalue weighted by atomic mass is 9.99. The summed E-state index contributed by atoms with van der Waals surface area (Å²) in [4.78, 5) is 2.33. The Morgan fingerprint density at radius 2 is 2.29 bits per heavy atom. The molecule has 1 N–H and O–H groups in total. The molecule has 5 heteroatoms. The van der Waals surface area contributed by atoms with E-state index in [0.29, 0.717) is 17.9 Å². The molecule has 21 heavy (non-hydrogen) atoms. The van der Waals surface area contributed by atoms with Gasteiger partial charge in [0.2, 0.25) is 0 Å². The second kappa shape index (κ2) is 7.73. The lowest BCUT2D eigenvalue weighted by Crippen LogP contribution is -2.48. The van der Waals surface area contributed by atoms with Gasteiger partial charge in [0.05, 0.1) is 25.9 Å². The van der Waals surface area contributed by atoms with Gasteiger partial charge in [-0.2, -0.15) is 0 Å². The van der Waals surface area contributed by atoms with E-state index in [-0.39, 0.29) is 18.0 Å². The molecule has 1 aliphatic heterocycles. The van der Waals surface area contributed by atoms with E-state index in [9.17, 15) is 4.39 Å². The summed E-state index contributed by atoms with van der Waals surface area (Å²) in [5.41, 5.74) is 0.639. The van der Waals surface area contributed by atoms with Crippen molar-refractivity contribution < 1.29 is 13.9 Å². The van der Waals surface area contributed by atoms with E-state index < -0.39 is 0 Å². The first-order chi connectivity index (χ1) is 10.2. The van der Waals surface area contributed by atoms with Crippen molar-refractivity contribution in [2.45, 2.75) is 26.0 Å². The van der Waals surface area contributed by atoms with Gasteiger partial charge in [0, 0.05) is 24.7 Å². The third-order valence-corrected chi connectivity index (χ3v) is 3.96. The molecule has 1 aromatic rings. The number of hydrogen-bond acceptors (Lipinski definition) is 4. The lowest BCUT2D eigenvalue weighted by Gasteiger charge is -2.37. The Hall–Kier alpha value is -1.17. The average molecular weight is 296 g/mol. The van der Waals surface area contributed by atoms with Gasteiger partial charge in [-0.05, 0) is 19.2 Å². The summed E-state index contributed by atoms with van der Waals surface area (Å²) in [5.74, 6) is 0.281. The summed E-state index contributed by atoms with van der Waals surface area (Å²) in [6.07, 6.45) is -0.0402. The topological polar surface area (TPSA) is 33.7 Å². The minimum absolute atomic E-state index is 0.0402. The summed E-state index contributed by atoms with van der Waals surface area (Å²) in [6.45, 7) is 8.37. The maximum absolute atomic E-state index is 14.4. The second-order valence-corrected chi connectivity index (χ2v) is 5.23. The molecule has 1 aromatic carbocycles. The van der Waals surface area contributed by atoms with E-state index in [0.717, 1.165) is 26.2 Å². The van der Waals surface area contributed by atoms with Crippen LogP contribution in [0.5, 0.6) is 5.75 Å². The van der Waals surface area contributed by atoms with Crippen LogP contribution in [0.2, 0.25) is 0 Å². The zero-order valence-electron chi connectivity index (χ0n) is 13.1. The molecule has 4 nitrogen and oxygen atoms in total. The number of morpholine rings is 1. The molecule has 0 amide bonds. The zero-order valence-corrected chi connectivity index (χ0v) is 13.1. The first-order valence-corrected chi connectivity index (χ1v) is 7.60. The number of hydrogen-bond donors (Lipinski definition) is 1. The molecule has 1 saturated heterocycles. The summed E-state index contributed by atoms with van der Waals surface area (Å²) in [6, 6.07) is 4.87. The van der Waals surface area contributed by atoms with Crippen molar-refractivity contribution >= 4 is 0 Å². The minimum atomic E-state index is -0.252. The number of nitrogens with one attached hydrogen (secondary N) is 1. The van der Waals surface area contributed by atoms with E-state index in [2.05, 4.69) is 17.1 Å². The molecule has 118 valence electrons. The van der Waals surface area contributed by atoms with E-state index in [1.807, 2.05) is 6.92 Å². The number of halogens is 1. The van der Waals surface area contributed by atoms with E-state index in [4.69, 9.17) is 9.47 Å². The molecular weight excluding hydrogens is 271 g/mol. The summed E-state index contributed by atoms with van der Waals surface area (Å²) >= 11 is 0. The molecule has 2 atom stereocenters. The molecule has 0 bridgehead atoms. The standard InChI is InChI=1S/C16H25FN2O2/c1-4-18-16(15-11-19(5-2)8-9-21-15)13-7-6-12(20-3)10-14(13)17/h6-7,10,15-16,18H,4-5,8-9,11H2,1-3H3. The Kier molecular flexibility index (Phi) is 5.96. The van der Waals surface area contributed by atoms with E-state index in [1.54, 1.807) is 19.2 Å². The first kappa shape index (κ1) is 16.2. The highest BCUT2D eigenvalue weighted by atomic mass is 19.1. The second-order valence-electron chi connectivity index (χ2n) is 5.23. The fraction of sp³-hybridized carbons (Fsp3) is 0.625. The molecule has 1 heterocycles. The van der Waals surface area contributed by atoms with Crippen LogP contribution < -0.4 is 10.1 Å². The molecular formula is C16H25FN2O2. The monoisotopic (exact) mass is 296 g/mol. The van der Waals surface area contributed by atoms with Gasteiger partial charge in [0.25, 0.3) is 0 Å². The Morgan fingerprint density at radius 1 is 1.48 bits per heavy atom.